The normalized spacial score (nSPS) is 18.3. The molecule has 0 radical (unpaired) electrons. The lowest BCUT2D eigenvalue weighted by Gasteiger charge is -1.85. The molecule has 0 bridgehead atoms. The second kappa shape index (κ2) is 2.39. The minimum Gasteiger partial charge on any atom is -0.496 e. The lowest BCUT2D eigenvalue weighted by molar-refractivity contribution is 0.307. The lowest BCUT2D eigenvalue weighted by atomic mass is 10.6. The van der Waals surface area contributed by atoms with E-state index in [9.17, 15) is 0 Å². The fourth-order valence-electron chi connectivity index (χ4n) is 0.398. The molecular weight excluding hydrogens is 90.1 g/mol. The van der Waals surface area contributed by atoms with Crippen molar-refractivity contribution in [3.63, 3.8) is 0 Å². The van der Waals surface area contributed by atoms with E-state index in [0.717, 1.165) is 6.54 Å². The van der Waals surface area contributed by atoms with Gasteiger partial charge in [0.05, 0.1) is 12.8 Å². The molecule has 0 aromatic rings. The van der Waals surface area contributed by atoms with Gasteiger partial charge in [0.2, 0.25) is 0 Å². The van der Waals surface area contributed by atoms with Gasteiger partial charge in [0.15, 0.2) is 0 Å². The molecule has 2 heteroatoms. The van der Waals surface area contributed by atoms with Crippen LogP contribution >= 0.6 is 0 Å². The summed E-state index contributed by atoms with van der Waals surface area (Å²) in [6.45, 7) is 1.39. The second-order valence-corrected chi connectivity index (χ2v) is 1.25. The Labute approximate surface area is 42.5 Å². The average Bonchev–Trinajstić information content (AvgIpc) is 1.90. The molecular formula is C5H7NO. The molecule has 0 aromatic carbocycles. The van der Waals surface area contributed by atoms with Crippen LogP contribution in [0.25, 0.3) is 0 Å². The molecule has 1 aliphatic rings. The van der Waals surface area contributed by atoms with Crippen LogP contribution in [0.5, 0.6) is 0 Å². The van der Waals surface area contributed by atoms with Crippen LogP contribution in [0.3, 0.4) is 0 Å². The molecule has 1 aliphatic heterocycles. The summed E-state index contributed by atoms with van der Waals surface area (Å²) in [6, 6.07) is 0. The summed E-state index contributed by atoms with van der Waals surface area (Å²) in [7, 11) is 0. The highest BCUT2D eigenvalue weighted by Crippen LogP contribution is 1.82. The number of aliphatic imine (C=N–C) groups is 1. The number of ether oxygens (including phenoxy) is 1. The molecule has 0 fully saturated rings. The van der Waals surface area contributed by atoms with Gasteiger partial charge >= 0.3 is 0 Å². The molecule has 0 saturated carbocycles. The van der Waals surface area contributed by atoms with Crippen LogP contribution in [-0.2, 0) is 4.74 Å². The first kappa shape index (κ1) is 4.37. The highest BCUT2D eigenvalue weighted by atomic mass is 16.5. The molecule has 0 aromatic heterocycles. The van der Waals surface area contributed by atoms with E-state index in [1.54, 1.807) is 12.5 Å². The summed E-state index contributed by atoms with van der Waals surface area (Å²) < 4.78 is 4.86. The van der Waals surface area contributed by atoms with E-state index in [1.165, 1.54) is 0 Å². The molecule has 0 N–H and O–H groups in total. The Hall–Kier alpha value is -0.790. The minimum atomic E-state index is 0.622. The van der Waals surface area contributed by atoms with Crippen LogP contribution in [0.1, 0.15) is 0 Å². The third-order valence-electron chi connectivity index (χ3n) is 0.703. The van der Waals surface area contributed by atoms with E-state index in [1.807, 2.05) is 6.08 Å². The van der Waals surface area contributed by atoms with E-state index in [4.69, 9.17) is 4.74 Å². The van der Waals surface area contributed by atoms with E-state index in [-0.39, 0.29) is 0 Å². The zero-order chi connectivity index (χ0) is 4.95. The third kappa shape index (κ3) is 1.39. The Bertz CT molecular complexity index is 84.3. The van der Waals surface area contributed by atoms with Gasteiger partial charge in [-0.05, 0) is 6.08 Å². The SMILES string of the molecule is C1=COCC=NC1. The van der Waals surface area contributed by atoms with Crippen LogP contribution < -0.4 is 0 Å². The quantitative estimate of drug-likeness (QED) is 0.433. The molecule has 0 aliphatic carbocycles. The van der Waals surface area contributed by atoms with Gasteiger partial charge in [-0.3, -0.25) is 4.99 Å². The molecule has 0 spiro atoms. The van der Waals surface area contributed by atoms with Crippen LogP contribution in [0, 0.1) is 0 Å². The first-order chi connectivity index (χ1) is 3.50. The summed E-state index contributed by atoms with van der Waals surface area (Å²) in [6.07, 6.45) is 5.32. The van der Waals surface area contributed by atoms with Gasteiger partial charge in [0, 0.05) is 6.21 Å². The molecule has 7 heavy (non-hydrogen) atoms. The van der Waals surface area contributed by atoms with Gasteiger partial charge in [0.25, 0.3) is 0 Å². The lowest BCUT2D eigenvalue weighted by Crippen LogP contribution is -1.83. The molecule has 0 saturated heterocycles. The topological polar surface area (TPSA) is 21.6 Å². The summed E-state index contributed by atoms with van der Waals surface area (Å²) in [4.78, 5) is 3.93. The smallest absolute Gasteiger partial charge is 0.122 e. The molecule has 0 atom stereocenters. The number of rotatable bonds is 0. The fourth-order valence-corrected chi connectivity index (χ4v) is 0.398. The van der Waals surface area contributed by atoms with Gasteiger partial charge in [-0.15, -0.1) is 0 Å². The monoisotopic (exact) mass is 97.1 g/mol. The number of hydrogen-bond acceptors (Lipinski definition) is 2. The predicted molar refractivity (Wildman–Crippen MR) is 28.5 cm³/mol. The van der Waals surface area contributed by atoms with Gasteiger partial charge < -0.3 is 4.74 Å². The van der Waals surface area contributed by atoms with Crippen molar-refractivity contribution in [3.8, 4) is 0 Å². The third-order valence-corrected chi connectivity index (χ3v) is 0.703. The molecule has 0 unspecified atom stereocenters. The van der Waals surface area contributed by atoms with Crippen LogP contribution in [-0.4, -0.2) is 19.4 Å². The summed E-state index contributed by atoms with van der Waals surface area (Å²) in [5.41, 5.74) is 0. The highest BCUT2D eigenvalue weighted by molar-refractivity contribution is 5.58. The van der Waals surface area contributed by atoms with Gasteiger partial charge in [0.1, 0.15) is 6.61 Å². The molecule has 2 nitrogen and oxygen atoms in total. The average molecular weight is 97.1 g/mol. The Morgan fingerprint density at radius 2 is 2.57 bits per heavy atom. The maximum atomic E-state index is 4.86. The summed E-state index contributed by atoms with van der Waals surface area (Å²) >= 11 is 0. The Morgan fingerprint density at radius 1 is 1.57 bits per heavy atom. The van der Waals surface area contributed by atoms with E-state index in [0.29, 0.717) is 6.61 Å². The molecule has 38 valence electrons. The van der Waals surface area contributed by atoms with E-state index in [2.05, 4.69) is 4.99 Å². The summed E-state index contributed by atoms with van der Waals surface area (Å²) in [5, 5.41) is 0. The minimum absolute atomic E-state index is 0.622. The maximum Gasteiger partial charge on any atom is 0.122 e. The van der Waals surface area contributed by atoms with E-state index < -0.39 is 0 Å². The first-order valence-electron chi connectivity index (χ1n) is 2.25. The Kier molecular flexibility index (Phi) is 1.50. The standard InChI is InChI=1S/C5H7NO/c1-2-6-3-5-7-4-1/h1,3-4H,2,5H2. The molecule has 0 amide bonds. The number of nitrogens with zero attached hydrogens (tertiary/aromatic N) is 1. The second-order valence-electron chi connectivity index (χ2n) is 1.25. The van der Waals surface area contributed by atoms with Crippen LogP contribution in [0.15, 0.2) is 17.3 Å². The van der Waals surface area contributed by atoms with E-state index >= 15 is 0 Å². The van der Waals surface area contributed by atoms with Crippen molar-refractivity contribution in [2.24, 2.45) is 4.99 Å². The van der Waals surface area contributed by atoms with Gasteiger partial charge in [-0.25, -0.2) is 0 Å². The van der Waals surface area contributed by atoms with Crippen molar-refractivity contribution >= 4 is 6.21 Å². The zero-order valence-electron chi connectivity index (χ0n) is 4.00. The first-order valence-corrected chi connectivity index (χ1v) is 2.25. The van der Waals surface area contributed by atoms with Crippen molar-refractivity contribution in [3.05, 3.63) is 12.3 Å². The van der Waals surface area contributed by atoms with Crippen molar-refractivity contribution in [2.75, 3.05) is 13.2 Å². The van der Waals surface area contributed by atoms with Crippen molar-refractivity contribution in [2.45, 2.75) is 0 Å². The predicted octanol–water partition coefficient (Wildman–Crippen LogP) is 0.601. The summed E-state index contributed by atoms with van der Waals surface area (Å²) in [5.74, 6) is 0. The van der Waals surface area contributed by atoms with Crippen LogP contribution in [0.2, 0.25) is 0 Å². The Morgan fingerprint density at radius 3 is 3.57 bits per heavy atom. The maximum absolute atomic E-state index is 4.86. The van der Waals surface area contributed by atoms with Crippen molar-refractivity contribution in [1.29, 1.82) is 0 Å². The fraction of sp³-hybridized carbons (Fsp3) is 0.400. The highest BCUT2D eigenvalue weighted by Gasteiger charge is 1.78. The molecule has 1 rings (SSSR count). The van der Waals surface area contributed by atoms with Gasteiger partial charge in [-0.1, -0.05) is 0 Å². The van der Waals surface area contributed by atoms with Gasteiger partial charge in [-0.2, -0.15) is 0 Å². The van der Waals surface area contributed by atoms with Crippen LogP contribution in [0.4, 0.5) is 0 Å². The largest absolute Gasteiger partial charge is 0.496 e. The van der Waals surface area contributed by atoms with Crippen molar-refractivity contribution in [1.82, 2.24) is 0 Å². The zero-order valence-corrected chi connectivity index (χ0v) is 4.00. The number of hydrogen-bond donors (Lipinski definition) is 0. The molecule has 1 heterocycles. The Balaban J connectivity index is 2.38. The van der Waals surface area contributed by atoms with Crippen molar-refractivity contribution < 1.29 is 4.74 Å².